The lowest BCUT2D eigenvalue weighted by molar-refractivity contribution is 0.414. The lowest BCUT2D eigenvalue weighted by Gasteiger charge is -2.01. The summed E-state index contributed by atoms with van der Waals surface area (Å²) in [6.45, 7) is 0. The summed E-state index contributed by atoms with van der Waals surface area (Å²) >= 11 is 12.1. The number of halogens is 2. The maximum absolute atomic E-state index is 6.04. The first-order chi connectivity index (χ1) is 13.1. The largest absolute Gasteiger partial charge is 0.497 e. The molecule has 0 N–H and O–H groups in total. The number of nitrogens with zero attached hydrogens (tertiary/aromatic N) is 3. The maximum Gasteiger partial charge on any atom is 0.121 e. The van der Waals surface area contributed by atoms with Crippen molar-refractivity contribution in [2.45, 2.75) is 0 Å². The lowest BCUT2D eigenvalue weighted by Crippen LogP contribution is -1.98. The van der Waals surface area contributed by atoms with Crippen molar-refractivity contribution in [1.82, 2.24) is 15.0 Å². The molecule has 6 heteroatoms. The van der Waals surface area contributed by atoms with Gasteiger partial charge in [-0.05, 0) is 48.5 Å². The summed E-state index contributed by atoms with van der Waals surface area (Å²) in [6, 6.07) is 22.7. The van der Waals surface area contributed by atoms with Gasteiger partial charge in [0.15, 0.2) is 0 Å². The first-order valence-electron chi connectivity index (χ1n) is 8.28. The van der Waals surface area contributed by atoms with Crippen LogP contribution < -0.4 is 4.74 Å². The van der Waals surface area contributed by atoms with Gasteiger partial charge in [0, 0.05) is 21.2 Å². The average Bonchev–Trinajstić information content (AvgIpc) is 3.14. The van der Waals surface area contributed by atoms with Gasteiger partial charge in [0.1, 0.15) is 17.1 Å². The monoisotopic (exact) mass is 395 g/mol. The summed E-state index contributed by atoms with van der Waals surface area (Å²) in [7, 11) is 1.64. The minimum atomic E-state index is 0.675. The third-order valence-corrected chi connectivity index (χ3v) is 4.66. The molecule has 0 aliphatic rings. The van der Waals surface area contributed by atoms with Crippen LogP contribution in [0.2, 0.25) is 10.0 Å². The number of methoxy groups -OCH3 is 1. The summed E-state index contributed by atoms with van der Waals surface area (Å²) in [5.74, 6) is 0.779. The zero-order valence-corrected chi connectivity index (χ0v) is 15.9. The molecule has 0 bridgehead atoms. The number of hydrogen-bond donors (Lipinski definition) is 0. The van der Waals surface area contributed by atoms with E-state index in [0.717, 1.165) is 34.0 Å². The fourth-order valence-electron chi connectivity index (χ4n) is 2.74. The third kappa shape index (κ3) is 3.68. The van der Waals surface area contributed by atoms with Crippen LogP contribution in [0, 0.1) is 0 Å². The minimum absolute atomic E-state index is 0.675. The second kappa shape index (κ2) is 7.43. The van der Waals surface area contributed by atoms with Gasteiger partial charge in [-0.1, -0.05) is 47.5 Å². The quantitative estimate of drug-likeness (QED) is 0.430. The molecule has 134 valence electrons. The van der Waals surface area contributed by atoms with E-state index in [1.54, 1.807) is 11.9 Å². The molecular weight excluding hydrogens is 381 g/mol. The Bertz CT molecular complexity index is 993. The highest BCUT2D eigenvalue weighted by Crippen LogP contribution is 2.31. The van der Waals surface area contributed by atoms with Crippen molar-refractivity contribution in [1.29, 1.82) is 0 Å². The van der Waals surface area contributed by atoms with Crippen LogP contribution in [0.5, 0.6) is 5.75 Å². The smallest absolute Gasteiger partial charge is 0.121 e. The second-order valence-corrected chi connectivity index (χ2v) is 6.77. The van der Waals surface area contributed by atoms with Crippen LogP contribution in [0.1, 0.15) is 0 Å². The molecule has 4 aromatic rings. The molecule has 4 nitrogen and oxygen atoms in total. The van der Waals surface area contributed by atoms with E-state index in [4.69, 9.17) is 38.1 Å². The SMILES string of the molecule is COc1ccc(-n2nc(-c3ccc(Cl)cc3)c(-c3ccc(Cl)cc3)n2)cc1. The van der Waals surface area contributed by atoms with E-state index in [1.165, 1.54) is 0 Å². The van der Waals surface area contributed by atoms with Crippen LogP contribution >= 0.6 is 23.2 Å². The Morgan fingerprint density at radius 1 is 0.667 bits per heavy atom. The zero-order chi connectivity index (χ0) is 18.8. The Balaban J connectivity index is 1.85. The van der Waals surface area contributed by atoms with Crippen molar-refractivity contribution in [3.63, 3.8) is 0 Å². The highest BCUT2D eigenvalue weighted by molar-refractivity contribution is 6.31. The van der Waals surface area contributed by atoms with Crippen molar-refractivity contribution in [3.05, 3.63) is 82.8 Å². The Labute approximate surface area is 166 Å². The maximum atomic E-state index is 6.04. The fraction of sp³-hybridized carbons (Fsp3) is 0.0476. The molecule has 27 heavy (non-hydrogen) atoms. The first-order valence-corrected chi connectivity index (χ1v) is 9.03. The fourth-order valence-corrected chi connectivity index (χ4v) is 2.99. The molecule has 0 amide bonds. The molecule has 0 unspecified atom stereocenters. The third-order valence-electron chi connectivity index (χ3n) is 4.15. The van der Waals surface area contributed by atoms with Crippen LogP contribution in [-0.4, -0.2) is 22.1 Å². The van der Waals surface area contributed by atoms with E-state index in [-0.39, 0.29) is 0 Å². The molecule has 0 aliphatic heterocycles. The van der Waals surface area contributed by atoms with Gasteiger partial charge < -0.3 is 4.74 Å². The average molecular weight is 396 g/mol. The topological polar surface area (TPSA) is 39.9 Å². The summed E-state index contributed by atoms with van der Waals surface area (Å²) in [4.78, 5) is 1.62. The molecule has 0 saturated heterocycles. The molecule has 1 heterocycles. The van der Waals surface area contributed by atoms with Gasteiger partial charge in [0.25, 0.3) is 0 Å². The van der Waals surface area contributed by atoms with Gasteiger partial charge in [0.2, 0.25) is 0 Å². The number of aromatic nitrogens is 3. The summed E-state index contributed by atoms with van der Waals surface area (Å²) < 4.78 is 5.22. The molecule has 1 aromatic heterocycles. The molecule has 0 atom stereocenters. The van der Waals surface area contributed by atoms with Gasteiger partial charge in [-0.25, -0.2) is 0 Å². The van der Waals surface area contributed by atoms with E-state index in [2.05, 4.69) is 0 Å². The van der Waals surface area contributed by atoms with Crippen LogP contribution in [0.3, 0.4) is 0 Å². The number of ether oxygens (including phenoxy) is 1. The van der Waals surface area contributed by atoms with Crippen molar-refractivity contribution in [2.75, 3.05) is 7.11 Å². The van der Waals surface area contributed by atoms with Gasteiger partial charge in [0.05, 0.1) is 12.8 Å². The molecule has 4 rings (SSSR count). The Kier molecular flexibility index (Phi) is 4.84. The predicted molar refractivity (Wildman–Crippen MR) is 109 cm³/mol. The van der Waals surface area contributed by atoms with Gasteiger partial charge >= 0.3 is 0 Å². The Morgan fingerprint density at radius 2 is 1.11 bits per heavy atom. The Morgan fingerprint density at radius 3 is 1.52 bits per heavy atom. The molecule has 0 spiro atoms. The first kappa shape index (κ1) is 17.6. The minimum Gasteiger partial charge on any atom is -0.497 e. The van der Waals surface area contributed by atoms with Gasteiger partial charge in [-0.15, -0.1) is 10.2 Å². The summed E-state index contributed by atoms with van der Waals surface area (Å²) in [5, 5.41) is 10.8. The lowest BCUT2D eigenvalue weighted by atomic mass is 10.1. The van der Waals surface area contributed by atoms with E-state index < -0.39 is 0 Å². The molecule has 0 radical (unpaired) electrons. The summed E-state index contributed by atoms with van der Waals surface area (Å²) in [5.41, 5.74) is 4.24. The van der Waals surface area contributed by atoms with Gasteiger partial charge in [-0.2, -0.15) is 4.80 Å². The molecule has 0 saturated carbocycles. The summed E-state index contributed by atoms with van der Waals surface area (Å²) in [6.07, 6.45) is 0. The van der Waals surface area contributed by atoms with Crippen molar-refractivity contribution in [3.8, 4) is 34.0 Å². The number of benzene rings is 3. The normalized spacial score (nSPS) is 10.8. The zero-order valence-electron chi connectivity index (χ0n) is 14.4. The Hall–Kier alpha value is -2.82. The van der Waals surface area contributed by atoms with Crippen LogP contribution in [0.25, 0.3) is 28.2 Å². The van der Waals surface area contributed by atoms with E-state index in [1.807, 2.05) is 72.8 Å². The standard InChI is InChI=1S/C21H15Cl2N3O/c1-27-19-12-10-18(11-13-19)26-24-20(14-2-6-16(22)7-3-14)21(25-26)15-4-8-17(23)9-5-15/h2-13H,1H3. The van der Waals surface area contributed by atoms with Crippen LogP contribution in [0.4, 0.5) is 0 Å². The van der Waals surface area contributed by atoms with Crippen molar-refractivity contribution >= 4 is 23.2 Å². The molecular formula is C21H15Cl2N3O. The van der Waals surface area contributed by atoms with Crippen molar-refractivity contribution < 1.29 is 4.74 Å². The van der Waals surface area contributed by atoms with E-state index >= 15 is 0 Å². The predicted octanol–water partition coefficient (Wildman–Crippen LogP) is 5.92. The van der Waals surface area contributed by atoms with E-state index in [9.17, 15) is 0 Å². The van der Waals surface area contributed by atoms with Gasteiger partial charge in [-0.3, -0.25) is 0 Å². The second-order valence-electron chi connectivity index (χ2n) is 5.90. The number of hydrogen-bond acceptors (Lipinski definition) is 3. The number of rotatable bonds is 4. The highest BCUT2D eigenvalue weighted by Gasteiger charge is 2.16. The van der Waals surface area contributed by atoms with Crippen LogP contribution in [-0.2, 0) is 0 Å². The van der Waals surface area contributed by atoms with E-state index in [0.29, 0.717) is 10.0 Å². The van der Waals surface area contributed by atoms with Crippen LogP contribution in [0.15, 0.2) is 72.8 Å². The molecule has 0 aliphatic carbocycles. The van der Waals surface area contributed by atoms with Crippen molar-refractivity contribution in [2.24, 2.45) is 0 Å². The highest BCUT2D eigenvalue weighted by atomic mass is 35.5. The molecule has 3 aromatic carbocycles. The molecule has 0 fully saturated rings.